The number of nitrogens with one attached hydrogen (secondary N) is 2. The molecule has 1 aliphatic heterocycles. The molecule has 1 heterocycles. The van der Waals surface area contributed by atoms with Gasteiger partial charge < -0.3 is 25.0 Å². The standard InChI is InChI=1S/C25H33ClN4O4/c1-16-13-29(3)17(2)15-34-22-12-20(28-25(32)27-19-8-6-18(26)7-9-19)10-11-21(22)24(31)30(4)14-23(16)33-5/h6-12,16-17,23H,13-15H2,1-5H3,(H2,27,28,32)/t16-,17+,23-/m0/s1. The van der Waals surface area contributed by atoms with Crippen molar-refractivity contribution in [3.8, 4) is 5.75 Å². The van der Waals surface area contributed by atoms with Crippen LogP contribution in [0.4, 0.5) is 16.2 Å². The average molecular weight is 489 g/mol. The molecule has 0 aliphatic carbocycles. The zero-order valence-electron chi connectivity index (χ0n) is 20.3. The Kier molecular flexibility index (Phi) is 8.77. The molecule has 9 heteroatoms. The minimum Gasteiger partial charge on any atom is -0.491 e. The molecule has 8 nitrogen and oxygen atoms in total. The van der Waals surface area contributed by atoms with Crippen LogP contribution in [-0.2, 0) is 4.74 Å². The number of anilines is 2. The van der Waals surface area contributed by atoms with Crippen molar-refractivity contribution in [1.82, 2.24) is 9.80 Å². The van der Waals surface area contributed by atoms with Gasteiger partial charge in [-0.05, 0) is 56.3 Å². The highest BCUT2D eigenvalue weighted by molar-refractivity contribution is 6.30. The molecule has 0 spiro atoms. The van der Waals surface area contributed by atoms with E-state index in [1.165, 1.54) is 0 Å². The number of ether oxygens (including phenoxy) is 2. The van der Waals surface area contributed by atoms with Crippen LogP contribution < -0.4 is 15.4 Å². The van der Waals surface area contributed by atoms with Gasteiger partial charge in [0.15, 0.2) is 0 Å². The molecule has 0 fully saturated rings. The van der Waals surface area contributed by atoms with Gasteiger partial charge in [-0.25, -0.2) is 4.79 Å². The third kappa shape index (κ3) is 6.62. The first-order valence-corrected chi connectivity index (χ1v) is 11.6. The molecular weight excluding hydrogens is 456 g/mol. The Hall–Kier alpha value is -2.81. The number of urea groups is 1. The van der Waals surface area contributed by atoms with Crippen LogP contribution in [0.25, 0.3) is 0 Å². The third-order valence-corrected chi connectivity index (χ3v) is 6.37. The Labute approximate surface area is 206 Å². The smallest absolute Gasteiger partial charge is 0.323 e. The summed E-state index contributed by atoms with van der Waals surface area (Å²) in [6.07, 6.45) is -0.0927. The Morgan fingerprint density at radius 2 is 1.71 bits per heavy atom. The van der Waals surface area contributed by atoms with Gasteiger partial charge in [-0.3, -0.25) is 9.69 Å². The number of likely N-dealkylation sites (N-methyl/N-ethyl adjacent to an activating group) is 2. The molecule has 0 unspecified atom stereocenters. The van der Waals surface area contributed by atoms with Crippen molar-refractivity contribution in [2.75, 3.05) is 51.5 Å². The average Bonchev–Trinajstić information content (AvgIpc) is 2.81. The lowest BCUT2D eigenvalue weighted by atomic mass is 10.0. The van der Waals surface area contributed by atoms with Crippen LogP contribution in [0, 0.1) is 5.92 Å². The van der Waals surface area contributed by atoms with Crippen LogP contribution >= 0.6 is 11.6 Å². The van der Waals surface area contributed by atoms with Crippen LogP contribution in [0.15, 0.2) is 42.5 Å². The summed E-state index contributed by atoms with van der Waals surface area (Å²) < 4.78 is 11.8. The summed E-state index contributed by atoms with van der Waals surface area (Å²) in [6, 6.07) is 11.6. The van der Waals surface area contributed by atoms with Crippen molar-refractivity contribution in [3.05, 3.63) is 53.1 Å². The van der Waals surface area contributed by atoms with Gasteiger partial charge >= 0.3 is 6.03 Å². The van der Waals surface area contributed by atoms with E-state index in [0.29, 0.717) is 40.9 Å². The van der Waals surface area contributed by atoms with Gasteiger partial charge in [-0.2, -0.15) is 0 Å². The maximum atomic E-state index is 13.2. The summed E-state index contributed by atoms with van der Waals surface area (Å²) >= 11 is 5.89. The Morgan fingerprint density at radius 1 is 1.06 bits per heavy atom. The molecule has 34 heavy (non-hydrogen) atoms. The van der Waals surface area contributed by atoms with Crippen molar-refractivity contribution < 1.29 is 19.1 Å². The quantitative estimate of drug-likeness (QED) is 0.668. The predicted molar refractivity (Wildman–Crippen MR) is 135 cm³/mol. The largest absolute Gasteiger partial charge is 0.491 e. The first-order chi connectivity index (χ1) is 16.2. The van der Waals surface area contributed by atoms with E-state index in [-0.39, 0.29) is 24.0 Å². The number of hydrogen-bond donors (Lipinski definition) is 2. The number of methoxy groups -OCH3 is 1. The minimum absolute atomic E-state index is 0.0927. The first-order valence-electron chi connectivity index (χ1n) is 11.3. The molecule has 0 aromatic heterocycles. The van der Waals surface area contributed by atoms with Crippen LogP contribution in [0.5, 0.6) is 5.75 Å². The fourth-order valence-electron chi connectivity index (χ4n) is 3.86. The molecule has 2 N–H and O–H groups in total. The van der Waals surface area contributed by atoms with Crippen LogP contribution in [0.2, 0.25) is 5.02 Å². The van der Waals surface area contributed by atoms with Crippen LogP contribution in [-0.4, -0.2) is 74.8 Å². The molecule has 0 radical (unpaired) electrons. The maximum absolute atomic E-state index is 13.2. The molecule has 0 saturated heterocycles. The van der Waals surface area contributed by atoms with E-state index < -0.39 is 6.03 Å². The third-order valence-electron chi connectivity index (χ3n) is 6.12. The van der Waals surface area contributed by atoms with Gasteiger partial charge in [0.1, 0.15) is 12.4 Å². The highest BCUT2D eigenvalue weighted by atomic mass is 35.5. The van der Waals surface area contributed by atoms with Crippen molar-refractivity contribution >= 4 is 34.9 Å². The summed E-state index contributed by atoms with van der Waals surface area (Å²) in [5, 5.41) is 6.13. The summed E-state index contributed by atoms with van der Waals surface area (Å²) in [4.78, 5) is 29.6. The van der Waals surface area contributed by atoms with Gasteiger partial charge in [-0.1, -0.05) is 18.5 Å². The fourth-order valence-corrected chi connectivity index (χ4v) is 3.98. The molecule has 2 aromatic rings. The highest BCUT2D eigenvalue weighted by Gasteiger charge is 2.27. The molecule has 0 saturated carbocycles. The van der Waals surface area contributed by atoms with Gasteiger partial charge in [0.25, 0.3) is 5.91 Å². The molecule has 1 aliphatic rings. The van der Waals surface area contributed by atoms with E-state index in [9.17, 15) is 9.59 Å². The number of benzene rings is 2. The van der Waals surface area contributed by atoms with Crippen LogP contribution in [0.1, 0.15) is 24.2 Å². The number of nitrogens with zero attached hydrogens (tertiary/aromatic N) is 2. The summed E-state index contributed by atoms with van der Waals surface area (Å²) in [7, 11) is 5.49. The molecule has 0 bridgehead atoms. The maximum Gasteiger partial charge on any atom is 0.323 e. The zero-order chi connectivity index (χ0) is 24.8. The topological polar surface area (TPSA) is 83.1 Å². The van der Waals surface area contributed by atoms with E-state index in [1.54, 1.807) is 61.5 Å². The number of amides is 3. The second-order valence-corrected chi connectivity index (χ2v) is 9.27. The number of carbonyl (C=O) groups is 2. The van der Waals surface area contributed by atoms with Gasteiger partial charge in [0, 0.05) is 55.8 Å². The van der Waals surface area contributed by atoms with Gasteiger partial charge in [0.05, 0.1) is 11.7 Å². The second kappa shape index (κ2) is 11.6. The molecule has 3 amide bonds. The summed E-state index contributed by atoms with van der Waals surface area (Å²) in [5.74, 6) is 0.490. The van der Waals surface area contributed by atoms with Crippen molar-refractivity contribution in [3.63, 3.8) is 0 Å². The first kappa shape index (κ1) is 25.8. The minimum atomic E-state index is -0.413. The number of rotatable bonds is 3. The van der Waals surface area contributed by atoms with Crippen molar-refractivity contribution in [2.45, 2.75) is 26.0 Å². The molecular formula is C25H33ClN4O4. The predicted octanol–water partition coefficient (Wildman–Crippen LogP) is 4.42. The van der Waals surface area contributed by atoms with Crippen LogP contribution in [0.3, 0.4) is 0 Å². The summed E-state index contributed by atoms with van der Waals surface area (Å²) in [6.45, 7) is 5.87. The van der Waals surface area contributed by atoms with Crippen molar-refractivity contribution in [1.29, 1.82) is 0 Å². The number of carbonyl (C=O) groups excluding carboxylic acids is 2. The number of fused-ring (bicyclic) bond motifs is 1. The van der Waals surface area contributed by atoms with E-state index >= 15 is 0 Å². The second-order valence-electron chi connectivity index (χ2n) is 8.83. The number of hydrogen-bond acceptors (Lipinski definition) is 5. The van der Waals surface area contributed by atoms with Gasteiger partial charge in [-0.15, -0.1) is 0 Å². The normalized spacial score (nSPS) is 22.1. The Bertz CT molecular complexity index is 1000. The lowest BCUT2D eigenvalue weighted by Gasteiger charge is -2.34. The fraction of sp³-hybridized carbons (Fsp3) is 0.440. The summed E-state index contributed by atoms with van der Waals surface area (Å²) in [5.41, 5.74) is 1.56. The van der Waals surface area contributed by atoms with E-state index in [2.05, 4.69) is 36.4 Å². The molecule has 3 rings (SSSR count). The lowest BCUT2D eigenvalue weighted by Crippen LogP contribution is -2.45. The van der Waals surface area contributed by atoms with E-state index in [1.807, 2.05) is 0 Å². The monoisotopic (exact) mass is 488 g/mol. The van der Waals surface area contributed by atoms with E-state index in [4.69, 9.17) is 21.1 Å². The van der Waals surface area contributed by atoms with E-state index in [0.717, 1.165) is 6.54 Å². The Balaban J connectivity index is 1.82. The molecule has 2 aromatic carbocycles. The number of halogens is 1. The zero-order valence-corrected chi connectivity index (χ0v) is 21.1. The highest BCUT2D eigenvalue weighted by Crippen LogP contribution is 2.27. The molecule has 3 atom stereocenters. The SMILES string of the molecule is CO[C@H]1CN(C)C(=O)c2ccc(NC(=O)Nc3ccc(Cl)cc3)cc2OC[C@@H](C)N(C)C[C@@H]1C. The lowest BCUT2D eigenvalue weighted by molar-refractivity contribution is 0.0150. The molecule has 184 valence electrons. The Morgan fingerprint density at radius 3 is 2.38 bits per heavy atom. The van der Waals surface area contributed by atoms with Crippen molar-refractivity contribution in [2.24, 2.45) is 5.92 Å². The van der Waals surface area contributed by atoms with Gasteiger partial charge in [0.2, 0.25) is 0 Å².